The molecule has 0 aliphatic carbocycles. The van der Waals surface area contributed by atoms with Crippen LogP contribution >= 0.6 is 0 Å². The first-order chi connectivity index (χ1) is 17.2. The molecule has 0 bridgehead atoms. The predicted molar refractivity (Wildman–Crippen MR) is 132 cm³/mol. The Bertz CT molecular complexity index is 1000. The summed E-state index contributed by atoms with van der Waals surface area (Å²) in [6.07, 6.45) is 1.38. The molecule has 196 valence electrons. The van der Waals surface area contributed by atoms with Crippen LogP contribution in [-0.2, 0) is 17.4 Å². The first-order valence-electron chi connectivity index (χ1n) is 12.9. The number of benzene rings is 2. The molecule has 1 amide bonds. The van der Waals surface area contributed by atoms with Crippen LogP contribution < -0.4 is 0 Å². The molecule has 2 aliphatic heterocycles. The molecule has 2 aromatic rings. The van der Waals surface area contributed by atoms with E-state index in [0.29, 0.717) is 12.1 Å². The van der Waals surface area contributed by atoms with Crippen molar-refractivity contribution in [3.63, 3.8) is 0 Å². The van der Waals surface area contributed by atoms with Gasteiger partial charge in [-0.05, 0) is 74.5 Å². The van der Waals surface area contributed by atoms with E-state index in [0.717, 1.165) is 56.7 Å². The summed E-state index contributed by atoms with van der Waals surface area (Å²) >= 11 is 0. The van der Waals surface area contributed by atoms with Gasteiger partial charge in [0.15, 0.2) is 0 Å². The fourth-order valence-corrected chi connectivity index (χ4v) is 5.51. The quantitative estimate of drug-likeness (QED) is 0.463. The van der Waals surface area contributed by atoms with E-state index in [4.69, 9.17) is 0 Å². The molecule has 0 spiro atoms. The number of amides is 1. The average molecular weight is 506 g/mol. The average Bonchev–Trinajstić information content (AvgIpc) is 2.88. The second-order valence-electron chi connectivity index (χ2n) is 10.0. The molecule has 2 aliphatic rings. The van der Waals surface area contributed by atoms with Crippen molar-refractivity contribution >= 4 is 5.91 Å². The smallest absolute Gasteiger partial charge is 0.344 e. The van der Waals surface area contributed by atoms with Gasteiger partial charge in [0.2, 0.25) is 5.91 Å². The molecule has 0 radical (unpaired) electrons. The van der Waals surface area contributed by atoms with Gasteiger partial charge in [0.1, 0.15) is 11.9 Å². The van der Waals surface area contributed by atoms with Crippen molar-refractivity contribution in [2.24, 2.45) is 0 Å². The van der Waals surface area contributed by atoms with Gasteiger partial charge in [-0.2, -0.15) is 13.2 Å². The van der Waals surface area contributed by atoms with Crippen LogP contribution in [0.1, 0.15) is 54.8 Å². The zero-order chi connectivity index (χ0) is 25.7. The van der Waals surface area contributed by atoms with Crippen LogP contribution in [0.25, 0.3) is 0 Å². The maximum atomic E-state index is 13.8. The Balaban J connectivity index is 1.43. The minimum absolute atomic E-state index is 0.0925. The highest BCUT2D eigenvalue weighted by Gasteiger charge is 2.35. The minimum Gasteiger partial charge on any atom is -0.344 e. The molecule has 0 aromatic heterocycles. The van der Waals surface area contributed by atoms with E-state index in [1.54, 1.807) is 11.9 Å². The number of hydrogen-bond acceptors (Lipinski definition) is 3. The Morgan fingerprint density at radius 1 is 1.00 bits per heavy atom. The van der Waals surface area contributed by atoms with Crippen LogP contribution in [-0.4, -0.2) is 66.4 Å². The van der Waals surface area contributed by atoms with Crippen molar-refractivity contribution in [2.75, 3.05) is 39.8 Å². The summed E-state index contributed by atoms with van der Waals surface area (Å²) in [4.78, 5) is 20.1. The molecule has 2 aromatic carbocycles. The molecule has 8 heteroatoms. The highest BCUT2D eigenvalue weighted by atomic mass is 19.4. The molecule has 2 fully saturated rings. The third-order valence-corrected chi connectivity index (χ3v) is 7.52. The minimum atomic E-state index is -4.61. The molecule has 0 saturated carbocycles. The molecule has 4 rings (SSSR count). The molecule has 2 heterocycles. The number of carbonyl (C=O) groups excluding carboxylic acids is 1. The third-order valence-electron chi connectivity index (χ3n) is 7.52. The van der Waals surface area contributed by atoms with Crippen molar-refractivity contribution in [1.29, 1.82) is 0 Å². The maximum Gasteiger partial charge on any atom is 0.416 e. The number of nitrogens with zero attached hydrogens (tertiary/aromatic N) is 3. The summed E-state index contributed by atoms with van der Waals surface area (Å²) < 4.78 is 53.1. The Kier molecular flexibility index (Phi) is 8.67. The summed E-state index contributed by atoms with van der Waals surface area (Å²) in [5, 5.41) is 0. The fourth-order valence-electron chi connectivity index (χ4n) is 5.51. The standard InChI is InChI=1S/C28H35F4N3O/c1-33(15-10-21-18-23(28(30,31)32)20-24(29)19-21)27(36)26(22-8-4-2-5-9-22)35-16-11-25(12-17-35)34-13-6-3-7-14-34/h2,4-5,8-9,18-20,25-26H,3,6-7,10-17H2,1H3. The van der Waals surface area contributed by atoms with Crippen molar-refractivity contribution in [3.8, 4) is 0 Å². The number of likely N-dealkylation sites (tertiary alicyclic amines) is 2. The second-order valence-corrected chi connectivity index (χ2v) is 10.0. The predicted octanol–water partition coefficient (Wildman–Crippen LogP) is 5.54. The zero-order valence-electron chi connectivity index (χ0n) is 20.8. The summed E-state index contributed by atoms with van der Waals surface area (Å²) in [6, 6.07) is 12.3. The first-order valence-corrected chi connectivity index (χ1v) is 12.9. The number of carbonyl (C=O) groups is 1. The molecule has 0 N–H and O–H groups in total. The molecule has 36 heavy (non-hydrogen) atoms. The molecule has 1 atom stereocenters. The summed E-state index contributed by atoms with van der Waals surface area (Å²) in [7, 11) is 1.67. The SMILES string of the molecule is CN(CCc1cc(F)cc(C(F)(F)F)c1)C(=O)C(c1ccccc1)N1CCC(N2CCCCC2)CC1. The van der Waals surface area contributed by atoms with Crippen LogP contribution in [0.15, 0.2) is 48.5 Å². The number of rotatable bonds is 7. The number of hydrogen-bond donors (Lipinski definition) is 0. The van der Waals surface area contributed by atoms with Crippen molar-refractivity contribution in [2.45, 2.75) is 56.8 Å². The Labute approximate surface area is 210 Å². The van der Waals surface area contributed by atoms with Crippen molar-refractivity contribution in [3.05, 3.63) is 71.0 Å². The number of halogens is 4. The van der Waals surface area contributed by atoms with Gasteiger partial charge in [-0.25, -0.2) is 4.39 Å². The van der Waals surface area contributed by atoms with Gasteiger partial charge in [-0.3, -0.25) is 9.69 Å². The second kappa shape index (κ2) is 11.7. The van der Waals surface area contributed by atoms with Crippen LogP contribution in [0.3, 0.4) is 0 Å². The molecule has 2 saturated heterocycles. The summed E-state index contributed by atoms with van der Waals surface area (Å²) in [6.45, 7) is 4.15. The summed E-state index contributed by atoms with van der Waals surface area (Å²) in [5.74, 6) is -1.02. The van der Waals surface area contributed by atoms with E-state index in [9.17, 15) is 22.4 Å². The van der Waals surface area contributed by atoms with Gasteiger partial charge in [0, 0.05) is 32.7 Å². The Morgan fingerprint density at radius 2 is 1.67 bits per heavy atom. The number of alkyl halides is 3. The lowest BCUT2D eigenvalue weighted by Crippen LogP contribution is -2.50. The monoisotopic (exact) mass is 505 g/mol. The fraction of sp³-hybridized carbons (Fsp3) is 0.536. The molecule has 4 nitrogen and oxygen atoms in total. The lowest BCUT2D eigenvalue weighted by molar-refractivity contribution is -0.138. The van der Waals surface area contributed by atoms with Gasteiger partial charge < -0.3 is 9.80 Å². The van der Waals surface area contributed by atoms with Crippen molar-refractivity contribution < 1.29 is 22.4 Å². The van der Waals surface area contributed by atoms with Crippen LogP contribution in [0.5, 0.6) is 0 Å². The largest absolute Gasteiger partial charge is 0.416 e. The van der Waals surface area contributed by atoms with Crippen LogP contribution in [0.4, 0.5) is 17.6 Å². The van der Waals surface area contributed by atoms with Crippen molar-refractivity contribution in [1.82, 2.24) is 14.7 Å². The van der Waals surface area contributed by atoms with E-state index in [-0.39, 0.29) is 24.4 Å². The van der Waals surface area contributed by atoms with Gasteiger partial charge in [0.05, 0.1) is 5.56 Å². The van der Waals surface area contributed by atoms with Crippen LogP contribution in [0, 0.1) is 5.82 Å². The molecular weight excluding hydrogens is 470 g/mol. The normalized spacial score (nSPS) is 19.2. The van der Waals surface area contributed by atoms with Gasteiger partial charge in [-0.15, -0.1) is 0 Å². The zero-order valence-corrected chi connectivity index (χ0v) is 20.8. The van der Waals surface area contributed by atoms with E-state index in [1.807, 2.05) is 30.3 Å². The Hall–Kier alpha value is -2.45. The highest BCUT2D eigenvalue weighted by Crippen LogP contribution is 2.31. The third kappa shape index (κ3) is 6.65. The topological polar surface area (TPSA) is 26.8 Å². The lowest BCUT2D eigenvalue weighted by Gasteiger charge is -2.43. The van der Waals surface area contributed by atoms with Gasteiger partial charge >= 0.3 is 6.18 Å². The number of piperidine rings is 2. The van der Waals surface area contributed by atoms with E-state index < -0.39 is 23.6 Å². The lowest BCUT2D eigenvalue weighted by atomic mass is 9.96. The maximum absolute atomic E-state index is 13.8. The van der Waals surface area contributed by atoms with Gasteiger partial charge in [0.25, 0.3) is 0 Å². The number of likely N-dealkylation sites (N-methyl/N-ethyl adjacent to an activating group) is 1. The highest BCUT2D eigenvalue weighted by molar-refractivity contribution is 5.83. The van der Waals surface area contributed by atoms with E-state index in [1.165, 1.54) is 19.3 Å². The molecule has 1 unspecified atom stereocenters. The molecular formula is C28H35F4N3O. The van der Waals surface area contributed by atoms with E-state index >= 15 is 0 Å². The first kappa shape index (κ1) is 26.6. The van der Waals surface area contributed by atoms with E-state index in [2.05, 4.69) is 9.80 Å². The van der Waals surface area contributed by atoms with Gasteiger partial charge in [-0.1, -0.05) is 36.8 Å². The summed E-state index contributed by atoms with van der Waals surface area (Å²) in [5.41, 5.74) is 0.127. The van der Waals surface area contributed by atoms with Crippen LogP contribution in [0.2, 0.25) is 0 Å². The Morgan fingerprint density at radius 3 is 2.31 bits per heavy atom.